The summed E-state index contributed by atoms with van der Waals surface area (Å²) < 4.78 is 53.5. The predicted molar refractivity (Wildman–Crippen MR) is 137 cm³/mol. The number of alkyl halides is 3. The number of fused-ring (bicyclic) bond motifs is 1. The molecule has 5 rings (SSSR count). The number of rotatable bonds is 4. The van der Waals surface area contributed by atoms with Gasteiger partial charge < -0.3 is 4.90 Å². The van der Waals surface area contributed by atoms with Gasteiger partial charge in [0.15, 0.2) is 5.13 Å². The van der Waals surface area contributed by atoms with Crippen LogP contribution < -0.4 is 10.5 Å². The third-order valence-electron chi connectivity index (χ3n) is 7.79. The second-order valence-electron chi connectivity index (χ2n) is 10.1. The normalized spacial score (nSPS) is 17.9. The van der Waals surface area contributed by atoms with Crippen molar-refractivity contribution in [3.63, 3.8) is 0 Å². The van der Waals surface area contributed by atoms with Crippen LogP contribution in [0.2, 0.25) is 0 Å². The smallest absolute Gasteiger partial charge is 0.348 e. The van der Waals surface area contributed by atoms with Crippen molar-refractivity contribution in [2.45, 2.75) is 38.4 Å². The molecular weight excluding hydrogens is 538 g/mol. The number of halogens is 4. The van der Waals surface area contributed by atoms with E-state index in [0.717, 1.165) is 55.7 Å². The molecule has 0 aliphatic carbocycles. The van der Waals surface area contributed by atoms with Gasteiger partial charge in [-0.15, -0.1) is 0 Å². The molecule has 0 saturated carbocycles. The highest BCUT2D eigenvalue weighted by atomic mass is 32.1. The highest BCUT2D eigenvalue weighted by molar-refractivity contribution is 7.22. The second-order valence-corrected chi connectivity index (χ2v) is 11.1. The van der Waals surface area contributed by atoms with Gasteiger partial charge >= 0.3 is 6.18 Å². The summed E-state index contributed by atoms with van der Waals surface area (Å²) in [6.45, 7) is 3.40. The summed E-state index contributed by atoms with van der Waals surface area (Å²) >= 11 is 0.869. The molecule has 0 radical (unpaired) electrons. The van der Waals surface area contributed by atoms with E-state index in [9.17, 15) is 32.5 Å². The van der Waals surface area contributed by atoms with Crippen LogP contribution in [0.3, 0.4) is 0 Å². The molecule has 2 fully saturated rings. The number of aromatic nitrogens is 1. The molecule has 8 nitrogen and oxygen atoms in total. The molecule has 0 unspecified atom stereocenters. The van der Waals surface area contributed by atoms with Gasteiger partial charge in [0.05, 0.1) is 21.4 Å². The Morgan fingerprint density at radius 3 is 2.36 bits per heavy atom. The zero-order valence-electron chi connectivity index (χ0n) is 20.6. The highest BCUT2D eigenvalue weighted by Crippen LogP contribution is 2.44. The lowest BCUT2D eigenvalue weighted by Crippen LogP contribution is -2.46. The van der Waals surface area contributed by atoms with Crippen molar-refractivity contribution in [3.05, 3.63) is 73.3 Å². The Bertz CT molecular complexity index is 1530. The zero-order valence-corrected chi connectivity index (χ0v) is 21.4. The first-order valence-electron chi connectivity index (χ1n) is 12.3. The summed E-state index contributed by atoms with van der Waals surface area (Å²) in [5.74, 6) is -0.522. The van der Waals surface area contributed by atoms with Crippen molar-refractivity contribution >= 4 is 32.2 Å². The molecule has 2 aromatic carbocycles. The SMILES string of the molecule is N#Cc1ccc(CN2CCC3(CC2)CCN(c2nc(=O)c4cc(C(F)(F)F)cc([N+](=O)[O-])c4s2)CC3)cc1F. The fourth-order valence-electron chi connectivity index (χ4n) is 5.44. The lowest BCUT2D eigenvalue weighted by atomic mass is 9.71. The molecule has 0 atom stereocenters. The molecule has 0 bridgehead atoms. The third-order valence-corrected chi connectivity index (χ3v) is 8.95. The van der Waals surface area contributed by atoms with Gasteiger partial charge in [-0.25, -0.2) is 4.39 Å². The van der Waals surface area contributed by atoms with E-state index in [2.05, 4.69) is 9.88 Å². The maximum atomic E-state index is 14.0. The van der Waals surface area contributed by atoms with Crippen LogP contribution in [0, 0.1) is 32.7 Å². The minimum absolute atomic E-state index is 0.0229. The molecule has 1 spiro atoms. The summed E-state index contributed by atoms with van der Waals surface area (Å²) in [6.07, 6.45) is -1.31. The van der Waals surface area contributed by atoms with Crippen LogP contribution in [-0.4, -0.2) is 41.0 Å². The number of likely N-dealkylation sites (tertiary alicyclic amines) is 1. The van der Waals surface area contributed by atoms with E-state index >= 15 is 0 Å². The Hall–Kier alpha value is -3.63. The Morgan fingerprint density at radius 2 is 1.77 bits per heavy atom. The molecule has 2 aliphatic rings. The van der Waals surface area contributed by atoms with Crippen LogP contribution in [-0.2, 0) is 12.7 Å². The van der Waals surface area contributed by atoms with Crippen LogP contribution in [0.5, 0.6) is 0 Å². The number of hydrogen-bond donors (Lipinski definition) is 0. The van der Waals surface area contributed by atoms with Crippen LogP contribution >= 0.6 is 11.3 Å². The Morgan fingerprint density at radius 1 is 1.10 bits per heavy atom. The Labute approximate surface area is 224 Å². The second kappa shape index (κ2) is 10.2. The first-order valence-corrected chi connectivity index (χ1v) is 13.2. The molecule has 39 heavy (non-hydrogen) atoms. The first kappa shape index (κ1) is 27.0. The van der Waals surface area contributed by atoms with E-state index in [1.54, 1.807) is 6.07 Å². The Balaban J connectivity index is 1.27. The summed E-state index contributed by atoms with van der Waals surface area (Å²) in [6, 6.07) is 7.57. The number of non-ortho nitro benzene ring substituents is 1. The van der Waals surface area contributed by atoms with Crippen molar-refractivity contribution in [3.8, 4) is 6.07 Å². The minimum Gasteiger partial charge on any atom is -0.348 e. The molecule has 0 N–H and O–H groups in total. The number of anilines is 1. The number of nitrogens with zero attached hydrogens (tertiary/aromatic N) is 5. The summed E-state index contributed by atoms with van der Waals surface area (Å²) in [5.41, 5.74) is -2.00. The van der Waals surface area contributed by atoms with Gasteiger partial charge in [-0.3, -0.25) is 19.8 Å². The number of piperidine rings is 2. The van der Waals surface area contributed by atoms with E-state index in [0.29, 0.717) is 31.8 Å². The molecule has 13 heteroatoms. The van der Waals surface area contributed by atoms with Gasteiger partial charge in [-0.1, -0.05) is 17.4 Å². The first-order chi connectivity index (χ1) is 18.5. The van der Waals surface area contributed by atoms with Crippen molar-refractivity contribution in [2.24, 2.45) is 5.41 Å². The van der Waals surface area contributed by atoms with Gasteiger partial charge in [-0.2, -0.15) is 23.4 Å². The molecule has 3 heterocycles. The topological polar surface area (TPSA) is 103 Å². The van der Waals surface area contributed by atoms with Crippen molar-refractivity contribution < 1.29 is 22.5 Å². The fourth-order valence-corrected chi connectivity index (χ4v) is 6.56. The molecule has 204 valence electrons. The molecular formula is C26H23F4N5O3S. The average Bonchev–Trinajstić information content (AvgIpc) is 2.89. The minimum atomic E-state index is -4.83. The van der Waals surface area contributed by atoms with Crippen LogP contribution in [0.15, 0.2) is 35.1 Å². The maximum Gasteiger partial charge on any atom is 0.416 e. The van der Waals surface area contributed by atoms with Gasteiger partial charge in [0.1, 0.15) is 16.6 Å². The molecule has 2 saturated heterocycles. The lowest BCUT2D eigenvalue weighted by molar-refractivity contribution is -0.383. The lowest BCUT2D eigenvalue weighted by Gasteiger charge is -2.47. The van der Waals surface area contributed by atoms with Crippen molar-refractivity contribution in [1.29, 1.82) is 5.26 Å². The predicted octanol–water partition coefficient (Wildman–Crippen LogP) is 5.48. The summed E-state index contributed by atoms with van der Waals surface area (Å²) in [5, 5.41) is 20.3. The molecule has 1 aromatic heterocycles. The maximum absolute atomic E-state index is 14.0. The quantitative estimate of drug-likeness (QED) is 0.236. The van der Waals surface area contributed by atoms with Crippen molar-refractivity contribution in [2.75, 3.05) is 31.1 Å². The fraction of sp³-hybridized carbons (Fsp3) is 0.423. The van der Waals surface area contributed by atoms with Gasteiger partial charge in [0.2, 0.25) is 0 Å². The molecule has 3 aromatic rings. The van der Waals surface area contributed by atoms with Gasteiger partial charge in [-0.05, 0) is 68.0 Å². The highest BCUT2D eigenvalue weighted by Gasteiger charge is 2.39. The van der Waals surface area contributed by atoms with Gasteiger partial charge in [0.25, 0.3) is 11.2 Å². The number of nitro groups is 1. The summed E-state index contributed by atoms with van der Waals surface area (Å²) in [4.78, 5) is 31.5. The van der Waals surface area contributed by atoms with Crippen LogP contribution in [0.25, 0.3) is 10.1 Å². The molecule has 2 aliphatic heterocycles. The monoisotopic (exact) mass is 561 g/mol. The third kappa shape index (κ3) is 5.44. The van der Waals surface area contributed by atoms with Crippen molar-refractivity contribution in [1.82, 2.24) is 9.88 Å². The average molecular weight is 562 g/mol. The van der Waals surface area contributed by atoms with E-state index in [1.807, 2.05) is 11.0 Å². The number of nitriles is 1. The summed E-state index contributed by atoms with van der Waals surface area (Å²) in [7, 11) is 0. The van der Waals surface area contributed by atoms with E-state index in [1.165, 1.54) is 12.1 Å². The largest absolute Gasteiger partial charge is 0.416 e. The zero-order chi connectivity index (χ0) is 27.9. The van der Waals surface area contributed by atoms with Crippen LogP contribution in [0.4, 0.5) is 28.4 Å². The molecule has 0 amide bonds. The van der Waals surface area contributed by atoms with Crippen LogP contribution in [0.1, 0.15) is 42.4 Å². The number of benzene rings is 2. The standard InChI is InChI=1S/C26H23F4N5O3S/c27-20-11-16(1-2-17(20)14-31)15-33-7-3-25(4-8-33)5-9-34(10-6-25)24-32-23(36)19-12-18(26(28,29)30)13-21(35(37)38)22(19)39-24/h1-2,11-13H,3-10,15H2. The number of hydrogen-bond acceptors (Lipinski definition) is 8. The van der Waals surface area contributed by atoms with Gasteiger partial charge in [0, 0.05) is 25.7 Å². The van der Waals surface area contributed by atoms with E-state index < -0.39 is 39.1 Å². The van der Waals surface area contributed by atoms with E-state index in [4.69, 9.17) is 5.26 Å². The number of nitro benzene ring substituents is 1. The Kier molecular flexibility index (Phi) is 7.02. The van der Waals surface area contributed by atoms with E-state index in [-0.39, 0.29) is 20.8 Å².